The van der Waals surface area contributed by atoms with Gasteiger partial charge in [0.05, 0.1) is 6.61 Å². The monoisotopic (exact) mass is 166 g/mol. The van der Waals surface area contributed by atoms with Crippen LogP contribution in [0.4, 0.5) is 0 Å². The maximum absolute atomic E-state index is 8.30. The predicted molar refractivity (Wildman–Crippen MR) is 40.6 cm³/mol. The van der Waals surface area contributed by atoms with Gasteiger partial charge in [0.2, 0.25) is 0 Å². The summed E-state index contributed by atoms with van der Waals surface area (Å²) >= 11 is 10.8. The molecule has 0 radical (unpaired) electrons. The fraction of sp³-hybridized carbons (Fsp3) is 0.333. The van der Waals surface area contributed by atoms with Crippen LogP contribution in [0, 0.1) is 0 Å². The Morgan fingerprint density at radius 2 is 2.11 bits per heavy atom. The zero-order valence-electron chi connectivity index (χ0n) is 5.06. The molecule has 1 N–H and O–H groups in total. The number of aliphatic hydroxyl groups is 1. The molecule has 0 amide bonds. The van der Waals surface area contributed by atoms with Crippen molar-refractivity contribution in [1.29, 1.82) is 0 Å². The second-order valence-corrected chi connectivity index (χ2v) is 2.48. The lowest BCUT2D eigenvalue weighted by atomic mass is 10.3. The Bertz CT molecular complexity index is 134. The van der Waals surface area contributed by atoms with Crippen LogP contribution < -0.4 is 0 Å². The predicted octanol–water partition coefficient (Wildman–Crippen LogP) is 2.24. The Morgan fingerprint density at radius 3 is 2.44 bits per heavy atom. The summed E-state index contributed by atoms with van der Waals surface area (Å²) in [7, 11) is 0. The fourth-order valence-electron chi connectivity index (χ4n) is 0.292. The lowest BCUT2D eigenvalue weighted by Gasteiger charge is -1.88. The molecule has 0 rings (SSSR count). The van der Waals surface area contributed by atoms with Crippen LogP contribution in [-0.2, 0) is 0 Å². The van der Waals surface area contributed by atoms with Gasteiger partial charge in [-0.2, -0.15) is 0 Å². The van der Waals surface area contributed by atoms with E-state index < -0.39 is 0 Å². The highest BCUT2D eigenvalue weighted by Gasteiger charge is 1.87. The summed E-state index contributed by atoms with van der Waals surface area (Å²) in [5, 5.41) is 8.30. The van der Waals surface area contributed by atoms with Gasteiger partial charge in [0.15, 0.2) is 0 Å². The summed E-state index contributed by atoms with van der Waals surface area (Å²) in [5.41, 5.74) is 0.757. The average Bonchev–Trinajstić information content (AvgIpc) is 1.82. The number of halogens is 2. The van der Waals surface area contributed by atoms with Gasteiger partial charge >= 0.3 is 0 Å². The highest BCUT2D eigenvalue weighted by atomic mass is 35.5. The standard InChI is InChI=1S/C6H8Cl2O/c1-5(6(7)8)3-2-4-9/h2-3,9H,4H2,1H3/b3-2+. The molecule has 52 valence electrons. The molecule has 0 aliphatic heterocycles. The molecule has 0 aliphatic rings. The number of allylic oxidation sites excluding steroid dienone is 2. The molecule has 0 atom stereocenters. The Balaban J connectivity index is 3.91. The van der Waals surface area contributed by atoms with Crippen LogP contribution >= 0.6 is 23.2 Å². The molecule has 0 fully saturated rings. The summed E-state index contributed by atoms with van der Waals surface area (Å²) in [5.74, 6) is 0. The Labute approximate surface area is 64.6 Å². The number of aliphatic hydroxyl groups excluding tert-OH is 1. The average molecular weight is 167 g/mol. The fourth-order valence-corrected chi connectivity index (χ4v) is 0.418. The molecule has 1 nitrogen and oxygen atoms in total. The maximum atomic E-state index is 8.30. The van der Waals surface area contributed by atoms with Gasteiger partial charge in [-0.15, -0.1) is 0 Å². The Hall–Kier alpha value is 0.0200. The third kappa shape index (κ3) is 4.52. The van der Waals surface area contributed by atoms with Crippen LogP contribution in [0.25, 0.3) is 0 Å². The van der Waals surface area contributed by atoms with E-state index >= 15 is 0 Å². The van der Waals surface area contributed by atoms with E-state index in [0.717, 1.165) is 5.57 Å². The highest BCUT2D eigenvalue weighted by Crippen LogP contribution is 2.13. The van der Waals surface area contributed by atoms with E-state index in [-0.39, 0.29) is 11.1 Å². The van der Waals surface area contributed by atoms with Gasteiger partial charge in [-0.1, -0.05) is 35.4 Å². The van der Waals surface area contributed by atoms with Gasteiger partial charge in [-0.25, -0.2) is 0 Å². The molecule has 0 bridgehead atoms. The van der Waals surface area contributed by atoms with Crippen LogP contribution in [0.3, 0.4) is 0 Å². The summed E-state index contributed by atoms with van der Waals surface area (Å²) in [6, 6.07) is 0. The summed E-state index contributed by atoms with van der Waals surface area (Å²) in [4.78, 5) is 0. The molecule has 0 spiro atoms. The van der Waals surface area contributed by atoms with Crippen molar-refractivity contribution >= 4 is 23.2 Å². The van der Waals surface area contributed by atoms with Crippen molar-refractivity contribution in [3.05, 3.63) is 22.2 Å². The van der Waals surface area contributed by atoms with Gasteiger partial charge in [0, 0.05) is 0 Å². The third-order valence-electron chi connectivity index (χ3n) is 0.771. The molecule has 0 aromatic carbocycles. The minimum atomic E-state index is 0.0123. The first-order valence-electron chi connectivity index (χ1n) is 2.47. The van der Waals surface area contributed by atoms with Gasteiger partial charge in [-0.05, 0) is 12.5 Å². The van der Waals surface area contributed by atoms with E-state index in [1.807, 2.05) is 0 Å². The van der Waals surface area contributed by atoms with Crippen molar-refractivity contribution < 1.29 is 5.11 Å². The zero-order valence-corrected chi connectivity index (χ0v) is 6.58. The highest BCUT2D eigenvalue weighted by molar-refractivity contribution is 6.56. The second kappa shape index (κ2) is 4.86. The SMILES string of the molecule is CC(/C=C/CO)=C(Cl)Cl. The van der Waals surface area contributed by atoms with E-state index in [0.29, 0.717) is 0 Å². The van der Waals surface area contributed by atoms with Crippen molar-refractivity contribution in [3.63, 3.8) is 0 Å². The quantitative estimate of drug-likeness (QED) is 0.625. The first kappa shape index (κ1) is 9.02. The first-order chi connectivity index (χ1) is 4.18. The lowest BCUT2D eigenvalue weighted by molar-refractivity contribution is 0.342. The third-order valence-corrected chi connectivity index (χ3v) is 1.37. The first-order valence-corrected chi connectivity index (χ1v) is 3.23. The maximum Gasteiger partial charge on any atom is 0.109 e. The van der Waals surface area contributed by atoms with Crippen LogP contribution in [0.15, 0.2) is 22.2 Å². The van der Waals surface area contributed by atoms with E-state index in [4.69, 9.17) is 28.3 Å². The molecule has 0 saturated heterocycles. The van der Waals surface area contributed by atoms with Crippen molar-refractivity contribution in [2.45, 2.75) is 6.92 Å². The molecule has 0 aromatic heterocycles. The molecule has 0 aromatic rings. The van der Waals surface area contributed by atoms with Gasteiger partial charge < -0.3 is 5.11 Å². The van der Waals surface area contributed by atoms with Gasteiger partial charge in [-0.3, -0.25) is 0 Å². The molecular weight excluding hydrogens is 159 g/mol. The van der Waals surface area contributed by atoms with E-state index in [1.165, 1.54) is 0 Å². The summed E-state index contributed by atoms with van der Waals surface area (Å²) < 4.78 is 0.236. The number of hydrogen-bond donors (Lipinski definition) is 1. The molecule has 0 saturated carbocycles. The van der Waals surface area contributed by atoms with Gasteiger partial charge in [0.1, 0.15) is 4.49 Å². The van der Waals surface area contributed by atoms with Gasteiger partial charge in [0.25, 0.3) is 0 Å². The zero-order chi connectivity index (χ0) is 7.28. The van der Waals surface area contributed by atoms with Crippen molar-refractivity contribution in [2.24, 2.45) is 0 Å². The molecule has 0 unspecified atom stereocenters. The smallest absolute Gasteiger partial charge is 0.109 e. The molecular formula is C6H8Cl2O. The van der Waals surface area contributed by atoms with E-state index in [9.17, 15) is 0 Å². The minimum Gasteiger partial charge on any atom is -0.392 e. The largest absolute Gasteiger partial charge is 0.392 e. The van der Waals surface area contributed by atoms with Crippen LogP contribution in [0.1, 0.15) is 6.92 Å². The van der Waals surface area contributed by atoms with Crippen molar-refractivity contribution in [2.75, 3.05) is 6.61 Å². The lowest BCUT2D eigenvalue weighted by Crippen LogP contribution is -1.73. The van der Waals surface area contributed by atoms with Crippen LogP contribution in [0.2, 0.25) is 0 Å². The Morgan fingerprint density at radius 1 is 1.56 bits per heavy atom. The molecule has 0 aliphatic carbocycles. The number of hydrogen-bond acceptors (Lipinski definition) is 1. The molecule has 9 heavy (non-hydrogen) atoms. The van der Waals surface area contributed by atoms with E-state index in [1.54, 1.807) is 19.1 Å². The minimum absolute atomic E-state index is 0.0123. The summed E-state index contributed by atoms with van der Waals surface area (Å²) in [6.45, 7) is 1.78. The normalized spacial score (nSPS) is 10.2. The summed E-state index contributed by atoms with van der Waals surface area (Å²) in [6.07, 6.45) is 3.23. The van der Waals surface area contributed by atoms with Crippen LogP contribution in [-0.4, -0.2) is 11.7 Å². The topological polar surface area (TPSA) is 20.2 Å². The Kier molecular flexibility index (Phi) is 4.87. The van der Waals surface area contributed by atoms with Crippen LogP contribution in [0.5, 0.6) is 0 Å². The van der Waals surface area contributed by atoms with Crippen molar-refractivity contribution in [1.82, 2.24) is 0 Å². The molecule has 3 heteroatoms. The number of rotatable bonds is 2. The van der Waals surface area contributed by atoms with Crippen molar-refractivity contribution in [3.8, 4) is 0 Å². The second-order valence-electron chi connectivity index (χ2n) is 1.53. The molecule has 0 heterocycles. The van der Waals surface area contributed by atoms with E-state index in [2.05, 4.69) is 0 Å².